The van der Waals surface area contributed by atoms with Crippen molar-refractivity contribution in [2.24, 2.45) is 0 Å². The Morgan fingerprint density at radius 3 is 3.08 bits per heavy atom. The molecule has 12 heavy (non-hydrogen) atoms. The van der Waals surface area contributed by atoms with Crippen LogP contribution in [0.3, 0.4) is 0 Å². The van der Waals surface area contributed by atoms with Crippen LogP contribution in [-0.4, -0.2) is 25.0 Å². The van der Waals surface area contributed by atoms with Crippen molar-refractivity contribution in [3.63, 3.8) is 0 Å². The molecule has 0 saturated carbocycles. The molecule has 2 rings (SSSR count). The Bertz CT molecular complexity index is 409. The summed E-state index contributed by atoms with van der Waals surface area (Å²) in [5.41, 5.74) is 6.36. The highest BCUT2D eigenvalue weighted by Gasteiger charge is 2.03. The fourth-order valence-corrected chi connectivity index (χ4v) is 0.929. The quantitative estimate of drug-likeness (QED) is 0.525. The number of anilines is 1. The predicted octanol–water partition coefficient (Wildman–Crippen LogP) is -0.573. The standard InChI is InChI=1S/C6H7N5O/c7-3-1-8-5-6(9-3)11-4(2-12)10-5/h1,12H,2H2,(H3,7,8,9,10,11). The van der Waals surface area contributed by atoms with Crippen LogP contribution in [0.2, 0.25) is 0 Å². The minimum Gasteiger partial charge on any atom is -0.388 e. The number of aliphatic hydroxyl groups excluding tert-OH is 1. The number of imidazole rings is 1. The number of nitrogens with zero attached hydrogens (tertiary/aromatic N) is 3. The molecule has 0 spiro atoms. The van der Waals surface area contributed by atoms with Crippen molar-refractivity contribution in [2.75, 3.05) is 5.73 Å². The molecule has 0 bridgehead atoms. The Morgan fingerprint density at radius 2 is 2.33 bits per heavy atom. The first-order valence-corrected chi connectivity index (χ1v) is 3.37. The summed E-state index contributed by atoms with van der Waals surface area (Å²) in [5, 5.41) is 8.73. The average Bonchev–Trinajstić information content (AvgIpc) is 2.46. The SMILES string of the molecule is Nc1cnc2nc(CO)[nH]c2n1. The third kappa shape index (κ3) is 0.978. The van der Waals surface area contributed by atoms with Gasteiger partial charge in [0.25, 0.3) is 0 Å². The maximum atomic E-state index is 8.73. The molecule has 6 heteroatoms. The van der Waals surface area contributed by atoms with Gasteiger partial charge < -0.3 is 15.8 Å². The Kier molecular flexibility index (Phi) is 1.41. The number of H-pyrrole nitrogens is 1. The summed E-state index contributed by atoms with van der Waals surface area (Å²) in [5.74, 6) is 0.770. The van der Waals surface area contributed by atoms with Gasteiger partial charge in [0, 0.05) is 0 Å². The molecule has 0 saturated heterocycles. The van der Waals surface area contributed by atoms with Crippen LogP contribution in [0.25, 0.3) is 11.3 Å². The number of nitrogens with two attached hydrogens (primary N) is 1. The highest BCUT2D eigenvalue weighted by atomic mass is 16.3. The largest absolute Gasteiger partial charge is 0.388 e. The van der Waals surface area contributed by atoms with Gasteiger partial charge in [-0.3, -0.25) is 0 Å². The molecule has 0 aliphatic rings. The molecule has 0 radical (unpaired) electrons. The smallest absolute Gasteiger partial charge is 0.197 e. The first kappa shape index (κ1) is 6.99. The van der Waals surface area contributed by atoms with E-state index in [1.807, 2.05) is 0 Å². The van der Waals surface area contributed by atoms with Crippen molar-refractivity contribution in [1.82, 2.24) is 19.9 Å². The van der Waals surface area contributed by atoms with E-state index in [1.165, 1.54) is 6.20 Å². The van der Waals surface area contributed by atoms with Crippen LogP contribution in [0.15, 0.2) is 6.20 Å². The Morgan fingerprint density at radius 1 is 1.50 bits per heavy atom. The average molecular weight is 165 g/mol. The first-order valence-electron chi connectivity index (χ1n) is 3.37. The zero-order valence-corrected chi connectivity index (χ0v) is 6.15. The third-order valence-electron chi connectivity index (χ3n) is 1.43. The molecule has 2 aromatic rings. The lowest BCUT2D eigenvalue weighted by Crippen LogP contribution is -1.91. The van der Waals surface area contributed by atoms with Gasteiger partial charge in [0.15, 0.2) is 11.3 Å². The van der Waals surface area contributed by atoms with Crippen LogP contribution >= 0.6 is 0 Å². The van der Waals surface area contributed by atoms with Gasteiger partial charge in [-0.05, 0) is 0 Å². The molecule has 2 heterocycles. The molecule has 0 aliphatic heterocycles. The van der Waals surface area contributed by atoms with Crippen molar-refractivity contribution >= 4 is 17.1 Å². The molecular weight excluding hydrogens is 158 g/mol. The zero-order valence-electron chi connectivity index (χ0n) is 6.15. The van der Waals surface area contributed by atoms with Crippen LogP contribution in [-0.2, 0) is 6.61 Å². The number of fused-ring (bicyclic) bond motifs is 1. The molecular formula is C6H7N5O. The molecule has 2 aromatic heterocycles. The van der Waals surface area contributed by atoms with Crippen LogP contribution < -0.4 is 5.73 Å². The summed E-state index contributed by atoms with van der Waals surface area (Å²) in [6.45, 7) is -0.155. The van der Waals surface area contributed by atoms with E-state index in [0.29, 0.717) is 22.9 Å². The Hall–Kier alpha value is -1.69. The summed E-state index contributed by atoms with van der Waals surface area (Å²) in [6, 6.07) is 0. The van der Waals surface area contributed by atoms with Crippen molar-refractivity contribution in [2.45, 2.75) is 6.61 Å². The van der Waals surface area contributed by atoms with E-state index in [9.17, 15) is 0 Å². The zero-order chi connectivity index (χ0) is 8.55. The number of hydrogen-bond acceptors (Lipinski definition) is 5. The minimum atomic E-state index is -0.155. The second kappa shape index (κ2) is 2.42. The van der Waals surface area contributed by atoms with Gasteiger partial charge in [-0.1, -0.05) is 0 Å². The highest BCUT2D eigenvalue weighted by Crippen LogP contribution is 2.06. The van der Waals surface area contributed by atoms with Crippen molar-refractivity contribution in [3.8, 4) is 0 Å². The number of aromatic nitrogens is 4. The van der Waals surface area contributed by atoms with Crippen LogP contribution in [0.1, 0.15) is 5.82 Å². The molecule has 4 N–H and O–H groups in total. The van der Waals surface area contributed by atoms with Gasteiger partial charge in [0.05, 0.1) is 6.20 Å². The van der Waals surface area contributed by atoms with E-state index in [4.69, 9.17) is 10.8 Å². The number of aliphatic hydroxyl groups is 1. The molecule has 0 amide bonds. The predicted molar refractivity (Wildman–Crippen MR) is 42.0 cm³/mol. The number of aromatic amines is 1. The molecule has 0 atom stereocenters. The van der Waals surface area contributed by atoms with Gasteiger partial charge >= 0.3 is 0 Å². The minimum absolute atomic E-state index is 0.155. The summed E-state index contributed by atoms with van der Waals surface area (Å²) in [4.78, 5) is 14.5. The molecule has 6 nitrogen and oxygen atoms in total. The lowest BCUT2D eigenvalue weighted by molar-refractivity contribution is 0.273. The second-order valence-corrected chi connectivity index (χ2v) is 2.31. The maximum absolute atomic E-state index is 8.73. The fourth-order valence-electron chi connectivity index (χ4n) is 0.929. The van der Waals surface area contributed by atoms with E-state index in [-0.39, 0.29) is 6.61 Å². The molecule has 0 aliphatic carbocycles. The molecule has 0 fully saturated rings. The van der Waals surface area contributed by atoms with E-state index in [1.54, 1.807) is 0 Å². The lowest BCUT2D eigenvalue weighted by Gasteiger charge is -1.87. The fraction of sp³-hybridized carbons (Fsp3) is 0.167. The normalized spacial score (nSPS) is 10.8. The highest BCUT2D eigenvalue weighted by molar-refractivity contribution is 5.66. The second-order valence-electron chi connectivity index (χ2n) is 2.31. The van der Waals surface area contributed by atoms with Gasteiger partial charge in [0.1, 0.15) is 18.2 Å². The van der Waals surface area contributed by atoms with Crippen molar-refractivity contribution < 1.29 is 5.11 Å². The summed E-state index contributed by atoms with van der Waals surface area (Å²) in [7, 11) is 0. The van der Waals surface area contributed by atoms with Gasteiger partial charge in [-0.15, -0.1) is 0 Å². The molecule has 0 aromatic carbocycles. The summed E-state index contributed by atoms with van der Waals surface area (Å²) in [6.07, 6.45) is 1.42. The maximum Gasteiger partial charge on any atom is 0.197 e. The van der Waals surface area contributed by atoms with E-state index in [0.717, 1.165) is 0 Å². The topological polar surface area (TPSA) is 101 Å². The van der Waals surface area contributed by atoms with Gasteiger partial charge in [-0.2, -0.15) is 0 Å². The number of nitrogen functional groups attached to an aromatic ring is 1. The third-order valence-corrected chi connectivity index (χ3v) is 1.43. The van der Waals surface area contributed by atoms with E-state index >= 15 is 0 Å². The number of rotatable bonds is 1. The van der Waals surface area contributed by atoms with Gasteiger partial charge in [0.2, 0.25) is 0 Å². The Balaban J connectivity index is 2.67. The molecule has 0 unspecified atom stereocenters. The van der Waals surface area contributed by atoms with Crippen molar-refractivity contribution in [1.29, 1.82) is 0 Å². The summed E-state index contributed by atoms with van der Waals surface area (Å²) >= 11 is 0. The van der Waals surface area contributed by atoms with Crippen molar-refractivity contribution in [3.05, 3.63) is 12.0 Å². The van der Waals surface area contributed by atoms with E-state index < -0.39 is 0 Å². The number of hydrogen-bond donors (Lipinski definition) is 3. The molecule has 62 valence electrons. The van der Waals surface area contributed by atoms with Crippen LogP contribution in [0, 0.1) is 0 Å². The first-order chi connectivity index (χ1) is 5.79. The van der Waals surface area contributed by atoms with Crippen LogP contribution in [0.5, 0.6) is 0 Å². The monoisotopic (exact) mass is 165 g/mol. The van der Waals surface area contributed by atoms with Crippen LogP contribution in [0.4, 0.5) is 5.82 Å². The Labute approximate surface area is 67.5 Å². The summed E-state index contributed by atoms with van der Waals surface area (Å²) < 4.78 is 0. The lowest BCUT2D eigenvalue weighted by atomic mass is 10.6. The number of nitrogens with one attached hydrogen (secondary N) is 1. The van der Waals surface area contributed by atoms with E-state index in [2.05, 4.69) is 19.9 Å². The van der Waals surface area contributed by atoms with Gasteiger partial charge in [-0.25, -0.2) is 15.0 Å².